The maximum atomic E-state index is 10.3. The molecule has 0 aromatic carbocycles. The van der Waals surface area contributed by atoms with Crippen LogP contribution in [-0.4, -0.2) is 29.5 Å². The maximum absolute atomic E-state index is 10.3. The van der Waals surface area contributed by atoms with Crippen molar-refractivity contribution in [3.05, 3.63) is 0 Å². The standard InChI is InChI=1S/C5H10O2S/c1-8-3-2-5(7)4-6/h6H,2-4H2,1H3. The van der Waals surface area contributed by atoms with Crippen LogP contribution in [-0.2, 0) is 4.79 Å². The number of carbonyl (C=O) groups excluding carboxylic acids is 1. The third-order valence-electron chi connectivity index (χ3n) is 0.761. The number of aliphatic hydroxyl groups is 1. The topological polar surface area (TPSA) is 37.3 Å². The molecule has 0 bridgehead atoms. The first-order valence-corrected chi connectivity index (χ1v) is 3.82. The van der Waals surface area contributed by atoms with E-state index in [9.17, 15) is 4.79 Å². The van der Waals surface area contributed by atoms with Crippen molar-refractivity contribution >= 4 is 17.5 Å². The van der Waals surface area contributed by atoms with Gasteiger partial charge in [-0.25, -0.2) is 0 Å². The number of Topliss-reactive ketones (excluding diaryl/α,β-unsaturated/α-hetero) is 1. The predicted octanol–water partition coefficient (Wildman–Crippen LogP) is 0.301. The Morgan fingerprint density at radius 2 is 2.38 bits per heavy atom. The fourth-order valence-electron chi connectivity index (χ4n) is 0.295. The third-order valence-corrected chi connectivity index (χ3v) is 1.37. The molecular weight excluding hydrogens is 124 g/mol. The Hall–Kier alpha value is -0.0200. The number of rotatable bonds is 4. The fourth-order valence-corrected chi connectivity index (χ4v) is 0.727. The highest BCUT2D eigenvalue weighted by Gasteiger charge is 1.95. The first-order chi connectivity index (χ1) is 3.81. The van der Waals surface area contributed by atoms with Crippen LogP contribution in [0, 0.1) is 0 Å². The Kier molecular flexibility index (Phi) is 5.11. The Balaban J connectivity index is 2.99. The third kappa shape index (κ3) is 4.15. The Bertz CT molecular complexity index is 72.8. The van der Waals surface area contributed by atoms with Crippen LogP contribution in [0.5, 0.6) is 0 Å². The van der Waals surface area contributed by atoms with Crippen molar-refractivity contribution in [2.75, 3.05) is 18.6 Å². The highest BCUT2D eigenvalue weighted by molar-refractivity contribution is 7.98. The Morgan fingerprint density at radius 1 is 1.75 bits per heavy atom. The summed E-state index contributed by atoms with van der Waals surface area (Å²) < 4.78 is 0. The Morgan fingerprint density at radius 3 is 2.75 bits per heavy atom. The lowest BCUT2D eigenvalue weighted by molar-refractivity contribution is -0.121. The van der Waals surface area contributed by atoms with Gasteiger partial charge in [-0.3, -0.25) is 4.79 Å². The molecule has 48 valence electrons. The zero-order valence-corrected chi connectivity index (χ0v) is 5.70. The molecule has 0 saturated carbocycles. The largest absolute Gasteiger partial charge is 0.389 e. The molecule has 8 heavy (non-hydrogen) atoms. The van der Waals surface area contributed by atoms with Gasteiger partial charge in [0.05, 0.1) is 0 Å². The van der Waals surface area contributed by atoms with Gasteiger partial charge < -0.3 is 5.11 Å². The molecule has 0 aliphatic heterocycles. The molecule has 0 aromatic heterocycles. The van der Waals surface area contributed by atoms with E-state index in [0.717, 1.165) is 5.75 Å². The first kappa shape index (κ1) is 7.98. The van der Waals surface area contributed by atoms with E-state index in [-0.39, 0.29) is 12.4 Å². The first-order valence-electron chi connectivity index (χ1n) is 2.42. The minimum atomic E-state index is -0.305. The van der Waals surface area contributed by atoms with Gasteiger partial charge in [-0.15, -0.1) is 0 Å². The molecule has 0 aliphatic rings. The van der Waals surface area contributed by atoms with Gasteiger partial charge in [0, 0.05) is 6.42 Å². The molecule has 0 aliphatic carbocycles. The van der Waals surface area contributed by atoms with E-state index in [1.165, 1.54) is 0 Å². The van der Waals surface area contributed by atoms with Crippen molar-refractivity contribution in [2.45, 2.75) is 6.42 Å². The number of hydrogen-bond acceptors (Lipinski definition) is 3. The maximum Gasteiger partial charge on any atom is 0.159 e. The number of ketones is 1. The van der Waals surface area contributed by atoms with Crippen molar-refractivity contribution < 1.29 is 9.90 Å². The van der Waals surface area contributed by atoms with Gasteiger partial charge >= 0.3 is 0 Å². The quantitative estimate of drug-likeness (QED) is 0.601. The SMILES string of the molecule is CSCCC(=O)CO. The summed E-state index contributed by atoms with van der Waals surface area (Å²) in [5.41, 5.74) is 0. The average Bonchev–Trinajstić information content (AvgIpc) is 1.83. The van der Waals surface area contributed by atoms with E-state index in [0.29, 0.717) is 6.42 Å². The van der Waals surface area contributed by atoms with Crippen molar-refractivity contribution in [1.29, 1.82) is 0 Å². The average molecular weight is 134 g/mol. The summed E-state index contributed by atoms with van der Waals surface area (Å²) in [4.78, 5) is 10.3. The molecule has 0 heterocycles. The summed E-state index contributed by atoms with van der Waals surface area (Å²) in [6.45, 7) is -0.305. The zero-order valence-electron chi connectivity index (χ0n) is 4.89. The van der Waals surface area contributed by atoms with Gasteiger partial charge in [0.2, 0.25) is 0 Å². The molecule has 0 amide bonds. The summed E-state index contributed by atoms with van der Waals surface area (Å²) in [7, 11) is 0. The van der Waals surface area contributed by atoms with Crippen molar-refractivity contribution in [3.63, 3.8) is 0 Å². The molecule has 0 spiro atoms. The van der Waals surface area contributed by atoms with Crippen LogP contribution in [0.3, 0.4) is 0 Å². The van der Waals surface area contributed by atoms with Crippen LogP contribution in [0.25, 0.3) is 0 Å². The Labute approximate surface area is 53.3 Å². The fraction of sp³-hybridized carbons (Fsp3) is 0.800. The van der Waals surface area contributed by atoms with Gasteiger partial charge in [0.25, 0.3) is 0 Å². The van der Waals surface area contributed by atoms with Gasteiger partial charge in [0.15, 0.2) is 5.78 Å². The number of hydrogen-bond donors (Lipinski definition) is 1. The van der Waals surface area contributed by atoms with Crippen LogP contribution < -0.4 is 0 Å². The summed E-state index contributed by atoms with van der Waals surface area (Å²) in [6.07, 6.45) is 2.43. The van der Waals surface area contributed by atoms with Gasteiger partial charge in [0.1, 0.15) is 6.61 Å². The van der Waals surface area contributed by atoms with Crippen molar-refractivity contribution in [1.82, 2.24) is 0 Å². The highest BCUT2D eigenvalue weighted by atomic mass is 32.2. The smallest absolute Gasteiger partial charge is 0.159 e. The molecule has 0 fully saturated rings. The monoisotopic (exact) mass is 134 g/mol. The second-order valence-electron chi connectivity index (χ2n) is 1.44. The minimum absolute atomic E-state index is 0.0700. The van der Waals surface area contributed by atoms with Crippen molar-refractivity contribution in [2.24, 2.45) is 0 Å². The highest BCUT2D eigenvalue weighted by Crippen LogP contribution is 1.94. The molecule has 1 N–H and O–H groups in total. The summed E-state index contributed by atoms with van der Waals surface area (Å²) in [5.74, 6) is 0.749. The van der Waals surface area contributed by atoms with Gasteiger partial charge in [-0.2, -0.15) is 11.8 Å². The lowest BCUT2D eigenvalue weighted by Gasteiger charge is -1.90. The summed E-state index contributed by atoms with van der Waals surface area (Å²) in [5, 5.41) is 8.20. The van der Waals surface area contributed by atoms with Crippen LogP contribution in [0.15, 0.2) is 0 Å². The molecule has 0 saturated heterocycles. The summed E-state index contributed by atoms with van der Waals surface area (Å²) >= 11 is 1.61. The normalized spacial score (nSPS) is 9.25. The van der Waals surface area contributed by atoms with E-state index in [1.807, 2.05) is 6.26 Å². The van der Waals surface area contributed by atoms with E-state index in [4.69, 9.17) is 5.11 Å². The molecule has 3 heteroatoms. The van der Waals surface area contributed by atoms with E-state index in [2.05, 4.69) is 0 Å². The number of thioether (sulfide) groups is 1. The van der Waals surface area contributed by atoms with Crippen molar-refractivity contribution in [3.8, 4) is 0 Å². The zero-order chi connectivity index (χ0) is 6.41. The molecule has 0 atom stereocenters. The molecular formula is C5H10O2S. The van der Waals surface area contributed by atoms with E-state index < -0.39 is 0 Å². The lowest BCUT2D eigenvalue weighted by Crippen LogP contribution is -2.03. The predicted molar refractivity (Wildman–Crippen MR) is 35.1 cm³/mol. The second kappa shape index (κ2) is 5.12. The number of carbonyl (C=O) groups is 1. The van der Waals surface area contributed by atoms with Gasteiger partial charge in [-0.05, 0) is 12.0 Å². The molecule has 0 unspecified atom stereocenters. The molecule has 2 nitrogen and oxygen atoms in total. The van der Waals surface area contributed by atoms with E-state index in [1.54, 1.807) is 11.8 Å². The van der Waals surface area contributed by atoms with Crippen LogP contribution in [0.4, 0.5) is 0 Å². The molecule has 0 rings (SSSR count). The summed E-state index contributed by atoms with van der Waals surface area (Å²) in [6, 6.07) is 0. The minimum Gasteiger partial charge on any atom is -0.389 e. The number of aliphatic hydroxyl groups excluding tert-OH is 1. The van der Waals surface area contributed by atoms with Crippen LogP contribution in [0.2, 0.25) is 0 Å². The lowest BCUT2D eigenvalue weighted by atomic mass is 10.3. The molecule has 0 radical (unpaired) electrons. The second-order valence-corrected chi connectivity index (χ2v) is 2.43. The van der Waals surface area contributed by atoms with Crippen LogP contribution >= 0.6 is 11.8 Å². The molecule has 0 aromatic rings. The van der Waals surface area contributed by atoms with Crippen LogP contribution in [0.1, 0.15) is 6.42 Å². The van der Waals surface area contributed by atoms with E-state index >= 15 is 0 Å². The van der Waals surface area contributed by atoms with Gasteiger partial charge in [-0.1, -0.05) is 0 Å².